The van der Waals surface area contributed by atoms with Gasteiger partial charge in [0, 0.05) is 48.6 Å². The molecule has 2 amide bonds. The Labute approximate surface area is 198 Å². The van der Waals surface area contributed by atoms with E-state index in [0.29, 0.717) is 48.9 Å². The first kappa shape index (κ1) is 22.4. The molecule has 1 N–H and O–H groups in total. The number of piperazine rings is 1. The fraction of sp³-hybridized carbons (Fsp3) is 0.385. The van der Waals surface area contributed by atoms with Crippen molar-refractivity contribution in [1.82, 2.24) is 9.80 Å². The molecule has 0 saturated carbocycles. The maximum Gasteiger partial charge on any atom is 0.409 e. The molecule has 3 aliphatic rings. The molecular weight excluding hydrogens is 437 g/mol. The monoisotopic (exact) mass is 465 g/mol. The summed E-state index contributed by atoms with van der Waals surface area (Å²) in [5.41, 5.74) is 4.69. The molecule has 0 aromatic heterocycles. The summed E-state index contributed by atoms with van der Waals surface area (Å²) in [6.45, 7) is 6.72. The standard InChI is InChI=1S/C26H28FN3O4/c1-2-33-26(32)30-12-10-29(11-13-30)9-3-4-17-5-7-20-18(14-17)16-34-24(20)23-21-15-19(27)6-8-22(21)28-25(23)31/h5-8,14-15H,2-4,9-13,16H2,1H3,(H,28,31)/b24-23+. The van der Waals surface area contributed by atoms with Gasteiger partial charge < -0.3 is 19.7 Å². The number of amides is 2. The summed E-state index contributed by atoms with van der Waals surface area (Å²) in [5.74, 6) is -0.136. The van der Waals surface area contributed by atoms with E-state index in [1.165, 1.54) is 17.7 Å². The van der Waals surface area contributed by atoms with Crippen molar-refractivity contribution in [3.8, 4) is 0 Å². The van der Waals surface area contributed by atoms with Crippen molar-refractivity contribution in [2.45, 2.75) is 26.4 Å². The van der Waals surface area contributed by atoms with Gasteiger partial charge in [0.25, 0.3) is 5.91 Å². The summed E-state index contributed by atoms with van der Waals surface area (Å²) >= 11 is 0. The molecular formula is C26H28FN3O4. The molecule has 0 spiro atoms. The fourth-order valence-electron chi connectivity index (χ4n) is 4.82. The van der Waals surface area contributed by atoms with Gasteiger partial charge in [0.2, 0.25) is 0 Å². The van der Waals surface area contributed by atoms with E-state index >= 15 is 0 Å². The molecule has 8 heteroatoms. The van der Waals surface area contributed by atoms with Crippen LogP contribution in [-0.4, -0.2) is 61.1 Å². The normalized spacial score (nSPS) is 19.5. The van der Waals surface area contributed by atoms with Crippen LogP contribution in [0.4, 0.5) is 14.9 Å². The molecule has 0 unspecified atom stereocenters. The molecule has 5 rings (SSSR count). The maximum absolute atomic E-state index is 13.8. The first-order valence-corrected chi connectivity index (χ1v) is 11.8. The van der Waals surface area contributed by atoms with E-state index < -0.39 is 0 Å². The number of halogens is 1. The van der Waals surface area contributed by atoms with Crippen LogP contribution in [0.15, 0.2) is 36.4 Å². The van der Waals surface area contributed by atoms with Crippen molar-refractivity contribution in [1.29, 1.82) is 0 Å². The van der Waals surface area contributed by atoms with Crippen LogP contribution in [0.5, 0.6) is 0 Å². The van der Waals surface area contributed by atoms with Gasteiger partial charge >= 0.3 is 6.09 Å². The number of anilines is 1. The molecule has 3 heterocycles. The van der Waals surface area contributed by atoms with E-state index in [2.05, 4.69) is 22.3 Å². The van der Waals surface area contributed by atoms with Crippen LogP contribution >= 0.6 is 0 Å². The van der Waals surface area contributed by atoms with Gasteiger partial charge in [-0.3, -0.25) is 9.69 Å². The van der Waals surface area contributed by atoms with Gasteiger partial charge in [-0.2, -0.15) is 0 Å². The fourth-order valence-corrected chi connectivity index (χ4v) is 4.82. The summed E-state index contributed by atoms with van der Waals surface area (Å²) in [6.07, 6.45) is 1.73. The molecule has 0 atom stereocenters. The van der Waals surface area contributed by atoms with E-state index in [0.717, 1.165) is 43.6 Å². The smallest absolute Gasteiger partial charge is 0.409 e. The number of carbonyl (C=O) groups is 2. The topological polar surface area (TPSA) is 71.1 Å². The predicted octanol–water partition coefficient (Wildman–Crippen LogP) is 3.88. The Balaban J connectivity index is 1.21. The number of carbonyl (C=O) groups excluding carboxylic acids is 2. The van der Waals surface area contributed by atoms with Crippen LogP contribution in [0.3, 0.4) is 0 Å². The molecule has 0 aliphatic carbocycles. The highest BCUT2D eigenvalue weighted by Gasteiger charge is 2.32. The first-order valence-electron chi connectivity index (χ1n) is 11.8. The van der Waals surface area contributed by atoms with Crippen LogP contribution in [0.2, 0.25) is 0 Å². The summed E-state index contributed by atoms with van der Waals surface area (Å²) < 4.78 is 24.8. The van der Waals surface area contributed by atoms with E-state index in [-0.39, 0.29) is 17.8 Å². The summed E-state index contributed by atoms with van der Waals surface area (Å²) in [6, 6.07) is 10.5. The second-order valence-corrected chi connectivity index (χ2v) is 8.76. The molecule has 0 radical (unpaired) electrons. The van der Waals surface area contributed by atoms with Crippen molar-refractivity contribution in [2.75, 3.05) is 44.6 Å². The molecule has 2 aromatic carbocycles. The van der Waals surface area contributed by atoms with Gasteiger partial charge in [-0.25, -0.2) is 9.18 Å². The van der Waals surface area contributed by atoms with E-state index in [1.54, 1.807) is 11.0 Å². The summed E-state index contributed by atoms with van der Waals surface area (Å²) in [4.78, 5) is 28.6. The first-order chi connectivity index (χ1) is 16.5. The number of rotatable bonds is 5. The third-order valence-electron chi connectivity index (χ3n) is 6.58. The second-order valence-electron chi connectivity index (χ2n) is 8.76. The SMILES string of the molecule is CCOC(=O)N1CCN(CCCc2ccc3c(c2)CO/C3=C2/C(=O)Nc3ccc(F)cc32)CC1. The van der Waals surface area contributed by atoms with Crippen molar-refractivity contribution in [2.24, 2.45) is 0 Å². The zero-order chi connectivity index (χ0) is 23.7. The minimum Gasteiger partial charge on any atom is -0.487 e. The Morgan fingerprint density at radius 3 is 2.74 bits per heavy atom. The zero-order valence-electron chi connectivity index (χ0n) is 19.2. The van der Waals surface area contributed by atoms with Crippen molar-refractivity contribution < 1.29 is 23.5 Å². The molecule has 1 fully saturated rings. The number of nitrogens with one attached hydrogen (secondary N) is 1. The van der Waals surface area contributed by atoms with Crippen LogP contribution in [-0.2, 0) is 27.3 Å². The average molecular weight is 466 g/mol. The lowest BCUT2D eigenvalue weighted by molar-refractivity contribution is -0.110. The minimum atomic E-state index is -0.385. The molecule has 2 aromatic rings. The second kappa shape index (κ2) is 9.46. The lowest BCUT2D eigenvalue weighted by atomic mass is 9.98. The van der Waals surface area contributed by atoms with Crippen molar-refractivity contribution in [3.05, 3.63) is 64.5 Å². The molecule has 3 aliphatic heterocycles. The van der Waals surface area contributed by atoms with Crippen molar-refractivity contribution in [3.63, 3.8) is 0 Å². The Bertz CT molecular complexity index is 1150. The number of ether oxygens (including phenoxy) is 2. The van der Waals surface area contributed by atoms with E-state index in [1.807, 2.05) is 13.0 Å². The molecule has 7 nitrogen and oxygen atoms in total. The summed E-state index contributed by atoms with van der Waals surface area (Å²) in [5, 5.41) is 2.79. The van der Waals surface area contributed by atoms with Gasteiger partial charge in [-0.15, -0.1) is 0 Å². The number of nitrogens with zero attached hydrogens (tertiary/aromatic N) is 2. The van der Waals surface area contributed by atoms with Gasteiger partial charge in [0.05, 0.1) is 12.2 Å². The minimum absolute atomic E-state index is 0.222. The van der Waals surface area contributed by atoms with Crippen LogP contribution in [0, 0.1) is 5.82 Å². The number of benzene rings is 2. The molecule has 34 heavy (non-hydrogen) atoms. The van der Waals surface area contributed by atoms with Crippen LogP contribution in [0.1, 0.15) is 35.6 Å². The van der Waals surface area contributed by atoms with Crippen LogP contribution < -0.4 is 5.32 Å². The largest absolute Gasteiger partial charge is 0.487 e. The maximum atomic E-state index is 13.8. The summed E-state index contributed by atoms with van der Waals surface area (Å²) in [7, 11) is 0. The Hall–Kier alpha value is -3.39. The lowest BCUT2D eigenvalue weighted by Gasteiger charge is -2.34. The average Bonchev–Trinajstić information content (AvgIpc) is 3.38. The van der Waals surface area contributed by atoms with E-state index in [9.17, 15) is 14.0 Å². The molecule has 178 valence electrons. The number of hydrogen-bond donors (Lipinski definition) is 1. The van der Waals surface area contributed by atoms with Crippen LogP contribution in [0.25, 0.3) is 11.3 Å². The van der Waals surface area contributed by atoms with Gasteiger partial charge in [0.15, 0.2) is 0 Å². The highest BCUT2D eigenvalue weighted by Crippen LogP contribution is 2.42. The third kappa shape index (κ3) is 4.37. The number of fused-ring (bicyclic) bond motifs is 2. The van der Waals surface area contributed by atoms with Gasteiger partial charge in [-0.05, 0) is 50.1 Å². The predicted molar refractivity (Wildman–Crippen MR) is 126 cm³/mol. The molecule has 0 bridgehead atoms. The number of aryl methyl sites for hydroxylation is 1. The third-order valence-corrected chi connectivity index (χ3v) is 6.58. The van der Waals surface area contributed by atoms with Gasteiger partial charge in [0.1, 0.15) is 18.2 Å². The molecule has 1 saturated heterocycles. The highest BCUT2D eigenvalue weighted by molar-refractivity contribution is 6.36. The lowest BCUT2D eigenvalue weighted by Crippen LogP contribution is -2.49. The Kier molecular flexibility index (Phi) is 6.24. The zero-order valence-corrected chi connectivity index (χ0v) is 19.2. The van der Waals surface area contributed by atoms with Crippen molar-refractivity contribution >= 4 is 29.0 Å². The van der Waals surface area contributed by atoms with E-state index in [4.69, 9.17) is 9.47 Å². The number of hydrogen-bond acceptors (Lipinski definition) is 5. The highest BCUT2D eigenvalue weighted by atomic mass is 19.1. The van der Waals surface area contributed by atoms with Gasteiger partial charge in [-0.1, -0.05) is 18.2 Å². The Morgan fingerprint density at radius 2 is 1.94 bits per heavy atom. The Morgan fingerprint density at radius 1 is 1.12 bits per heavy atom. The quantitative estimate of drug-likeness (QED) is 0.679.